The molecule has 6 nitrogen and oxygen atoms in total. The molecule has 2 N–H and O–H groups in total. The highest BCUT2D eigenvalue weighted by molar-refractivity contribution is 5.55. The Bertz CT molecular complexity index is 620. The molecule has 0 aliphatic rings. The van der Waals surface area contributed by atoms with Crippen LogP contribution in [-0.2, 0) is 0 Å². The van der Waals surface area contributed by atoms with Gasteiger partial charge in [-0.15, -0.1) is 0 Å². The van der Waals surface area contributed by atoms with E-state index in [-0.39, 0.29) is 11.8 Å². The van der Waals surface area contributed by atoms with Crippen LogP contribution < -0.4 is 15.4 Å². The molecule has 0 saturated carbocycles. The number of anilines is 3. The van der Waals surface area contributed by atoms with Crippen molar-refractivity contribution >= 4 is 17.6 Å². The minimum Gasteiger partial charge on any atom is -0.463 e. The minimum absolute atomic E-state index is 0.248. The van der Waals surface area contributed by atoms with Crippen LogP contribution in [0.2, 0.25) is 0 Å². The van der Waals surface area contributed by atoms with E-state index in [9.17, 15) is 4.39 Å². The Morgan fingerprint density at radius 1 is 1.19 bits per heavy atom. The lowest BCUT2D eigenvalue weighted by atomic mass is 10.2. The summed E-state index contributed by atoms with van der Waals surface area (Å²) in [4.78, 5) is 12.5. The molecule has 1 heterocycles. The second kappa shape index (κ2) is 6.83. The number of halogens is 1. The first kappa shape index (κ1) is 15.0. The molecule has 0 amide bonds. The van der Waals surface area contributed by atoms with Crippen molar-refractivity contribution in [2.75, 3.05) is 24.3 Å². The van der Waals surface area contributed by atoms with E-state index in [1.807, 2.05) is 6.92 Å². The molecule has 2 rings (SSSR count). The number of nitrogens with one attached hydrogen (secondary N) is 2. The van der Waals surface area contributed by atoms with Crippen LogP contribution >= 0.6 is 0 Å². The topological polar surface area (TPSA) is 72.0 Å². The third kappa shape index (κ3) is 4.01. The Kier molecular flexibility index (Phi) is 4.86. The molecule has 0 saturated heterocycles. The van der Waals surface area contributed by atoms with Gasteiger partial charge in [0.15, 0.2) is 0 Å². The maximum atomic E-state index is 13.3. The van der Waals surface area contributed by atoms with Gasteiger partial charge in [0.2, 0.25) is 11.9 Å². The summed E-state index contributed by atoms with van der Waals surface area (Å²) < 4.78 is 18.7. The molecule has 0 unspecified atom stereocenters. The number of nitrogens with zero attached hydrogens (tertiary/aromatic N) is 3. The summed E-state index contributed by atoms with van der Waals surface area (Å²) in [5.74, 6) is 0.489. The molecule has 0 fully saturated rings. The van der Waals surface area contributed by atoms with E-state index in [1.165, 1.54) is 6.07 Å². The van der Waals surface area contributed by atoms with E-state index >= 15 is 0 Å². The van der Waals surface area contributed by atoms with Gasteiger partial charge in [-0.05, 0) is 37.1 Å². The molecule has 0 radical (unpaired) electrons. The summed E-state index contributed by atoms with van der Waals surface area (Å²) in [5, 5.41) is 5.86. The van der Waals surface area contributed by atoms with Gasteiger partial charge in [0.1, 0.15) is 5.82 Å². The first-order valence-corrected chi connectivity index (χ1v) is 6.72. The monoisotopic (exact) mass is 291 g/mol. The lowest BCUT2D eigenvalue weighted by molar-refractivity contribution is 0.292. The largest absolute Gasteiger partial charge is 0.463 e. The van der Waals surface area contributed by atoms with Crippen molar-refractivity contribution in [3.8, 4) is 6.01 Å². The van der Waals surface area contributed by atoms with E-state index in [0.717, 1.165) is 6.42 Å². The fraction of sp³-hybridized carbons (Fsp3) is 0.357. The van der Waals surface area contributed by atoms with E-state index in [0.29, 0.717) is 29.8 Å². The number of aromatic nitrogens is 3. The molecule has 1 aromatic carbocycles. The van der Waals surface area contributed by atoms with Gasteiger partial charge in [0.05, 0.1) is 6.61 Å². The number of hydrogen-bond donors (Lipinski definition) is 2. The zero-order valence-electron chi connectivity index (χ0n) is 12.3. The van der Waals surface area contributed by atoms with Crippen molar-refractivity contribution < 1.29 is 9.13 Å². The summed E-state index contributed by atoms with van der Waals surface area (Å²) in [6.45, 7) is 4.23. The molecule has 0 spiro atoms. The quantitative estimate of drug-likeness (QED) is 0.852. The Morgan fingerprint density at radius 2 is 1.95 bits per heavy atom. The van der Waals surface area contributed by atoms with Gasteiger partial charge in [-0.3, -0.25) is 0 Å². The molecule has 1 aromatic heterocycles. The average Bonchev–Trinajstić information content (AvgIpc) is 2.48. The van der Waals surface area contributed by atoms with E-state index in [1.54, 1.807) is 26.1 Å². The van der Waals surface area contributed by atoms with Gasteiger partial charge >= 0.3 is 6.01 Å². The number of benzene rings is 1. The standard InChI is InChI=1S/C14H18FN5O/c1-4-7-21-14-19-12(16-3)18-13(20-14)17-10-5-6-11(15)9(2)8-10/h5-6,8H,4,7H2,1-3H3,(H2,16,17,18,19,20). The van der Waals surface area contributed by atoms with Crippen LogP contribution in [0, 0.1) is 12.7 Å². The smallest absolute Gasteiger partial charge is 0.323 e. The Labute approximate surface area is 122 Å². The first-order chi connectivity index (χ1) is 10.1. The maximum Gasteiger partial charge on any atom is 0.323 e. The molecule has 2 aromatic rings. The molecule has 21 heavy (non-hydrogen) atoms. The molecule has 0 bridgehead atoms. The summed E-state index contributed by atoms with van der Waals surface area (Å²) in [7, 11) is 1.71. The molecule has 7 heteroatoms. The zero-order chi connectivity index (χ0) is 15.2. The normalized spacial score (nSPS) is 10.3. The summed E-state index contributed by atoms with van der Waals surface area (Å²) in [6.07, 6.45) is 0.862. The molecular weight excluding hydrogens is 273 g/mol. The van der Waals surface area contributed by atoms with Crippen LogP contribution in [0.4, 0.5) is 22.0 Å². The number of hydrogen-bond acceptors (Lipinski definition) is 6. The van der Waals surface area contributed by atoms with Crippen molar-refractivity contribution in [1.82, 2.24) is 15.0 Å². The van der Waals surface area contributed by atoms with Crippen LogP contribution in [0.3, 0.4) is 0 Å². The fourth-order valence-electron chi connectivity index (χ4n) is 1.63. The highest BCUT2D eigenvalue weighted by atomic mass is 19.1. The van der Waals surface area contributed by atoms with Crippen molar-refractivity contribution in [3.63, 3.8) is 0 Å². The van der Waals surface area contributed by atoms with Gasteiger partial charge in [0, 0.05) is 12.7 Å². The SMILES string of the molecule is CCCOc1nc(NC)nc(Nc2ccc(F)c(C)c2)n1. The Morgan fingerprint density at radius 3 is 2.62 bits per heavy atom. The second-order valence-electron chi connectivity index (χ2n) is 4.45. The number of rotatable bonds is 6. The third-order valence-corrected chi connectivity index (χ3v) is 2.69. The van der Waals surface area contributed by atoms with Crippen LogP contribution in [0.15, 0.2) is 18.2 Å². The van der Waals surface area contributed by atoms with Gasteiger partial charge in [-0.2, -0.15) is 15.0 Å². The minimum atomic E-state index is -0.251. The second-order valence-corrected chi connectivity index (χ2v) is 4.45. The number of ether oxygens (including phenoxy) is 1. The predicted molar refractivity (Wildman–Crippen MR) is 79.6 cm³/mol. The first-order valence-electron chi connectivity index (χ1n) is 6.72. The third-order valence-electron chi connectivity index (χ3n) is 2.69. The van der Waals surface area contributed by atoms with Gasteiger partial charge < -0.3 is 15.4 Å². The lowest BCUT2D eigenvalue weighted by Gasteiger charge is -2.09. The van der Waals surface area contributed by atoms with Gasteiger partial charge in [0.25, 0.3) is 0 Å². The van der Waals surface area contributed by atoms with Crippen LogP contribution in [0.5, 0.6) is 6.01 Å². The van der Waals surface area contributed by atoms with Crippen LogP contribution in [0.25, 0.3) is 0 Å². The highest BCUT2D eigenvalue weighted by Crippen LogP contribution is 2.19. The fourth-order valence-corrected chi connectivity index (χ4v) is 1.63. The van der Waals surface area contributed by atoms with Crippen molar-refractivity contribution in [3.05, 3.63) is 29.6 Å². The zero-order valence-corrected chi connectivity index (χ0v) is 12.3. The number of aryl methyl sites for hydroxylation is 1. The van der Waals surface area contributed by atoms with E-state index < -0.39 is 0 Å². The molecule has 112 valence electrons. The summed E-state index contributed by atoms with van der Waals surface area (Å²) >= 11 is 0. The maximum absolute atomic E-state index is 13.3. The molecular formula is C14H18FN5O. The van der Waals surface area contributed by atoms with Crippen molar-refractivity contribution in [2.24, 2.45) is 0 Å². The Balaban J connectivity index is 2.23. The molecule has 0 aliphatic carbocycles. The average molecular weight is 291 g/mol. The molecule has 0 atom stereocenters. The van der Waals surface area contributed by atoms with E-state index in [4.69, 9.17) is 4.74 Å². The highest BCUT2D eigenvalue weighted by Gasteiger charge is 2.07. The predicted octanol–water partition coefficient (Wildman–Crippen LogP) is 2.89. The summed E-state index contributed by atoms with van der Waals surface area (Å²) in [5.41, 5.74) is 1.24. The van der Waals surface area contributed by atoms with Crippen LogP contribution in [-0.4, -0.2) is 28.6 Å². The van der Waals surface area contributed by atoms with Gasteiger partial charge in [-0.1, -0.05) is 6.92 Å². The van der Waals surface area contributed by atoms with Crippen molar-refractivity contribution in [1.29, 1.82) is 0 Å². The van der Waals surface area contributed by atoms with Crippen LogP contribution in [0.1, 0.15) is 18.9 Å². The summed E-state index contributed by atoms with van der Waals surface area (Å²) in [6, 6.07) is 4.95. The molecule has 0 aliphatic heterocycles. The van der Waals surface area contributed by atoms with E-state index in [2.05, 4.69) is 25.6 Å². The Hall–Kier alpha value is -2.44. The van der Waals surface area contributed by atoms with Crippen molar-refractivity contribution in [2.45, 2.75) is 20.3 Å². The lowest BCUT2D eigenvalue weighted by Crippen LogP contribution is -2.07. The van der Waals surface area contributed by atoms with Gasteiger partial charge in [-0.25, -0.2) is 4.39 Å².